The minimum atomic E-state index is -0.209. The van der Waals surface area contributed by atoms with Gasteiger partial charge in [0.1, 0.15) is 5.69 Å². The zero-order valence-electron chi connectivity index (χ0n) is 11.4. The number of para-hydroxylation sites is 1. The van der Waals surface area contributed by atoms with E-state index in [0.717, 1.165) is 11.9 Å². The molecule has 0 fully saturated rings. The number of fused-ring (bicyclic) bond motifs is 1. The third-order valence-corrected chi connectivity index (χ3v) is 3.38. The van der Waals surface area contributed by atoms with Crippen molar-refractivity contribution in [3.8, 4) is 0 Å². The van der Waals surface area contributed by atoms with E-state index in [4.69, 9.17) is 0 Å². The summed E-state index contributed by atoms with van der Waals surface area (Å²) in [7, 11) is 1.80. The predicted molar refractivity (Wildman–Crippen MR) is 76.4 cm³/mol. The van der Waals surface area contributed by atoms with Gasteiger partial charge in [-0.25, -0.2) is 0 Å². The van der Waals surface area contributed by atoms with Gasteiger partial charge in [-0.1, -0.05) is 19.1 Å². The maximum atomic E-state index is 12.2. The lowest BCUT2D eigenvalue weighted by atomic mass is 10.1. The van der Waals surface area contributed by atoms with Crippen LogP contribution in [-0.4, -0.2) is 16.5 Å². The first-order chi connectivity index (χ1) is 9.04. The highest BCUT2D eigenvalue weighted by Crippen LogP contribution is 2.11. The largest absolute Gasteiger partial charge is 0.348 e. The molecule has 0 spiro atoms. The van der Waals surface area contributed by atoms with Gasteiger partial charge in [0.25, 0.3) is 5.91 Å². The Morgan fingerprint density at radius 1 is 1.37 bits per heavy atom. The number of aromatic nitrogens is 1. The van der Waals surface area contributed by atoms with Crippen LogP contribution in [0, 0.1) is 0 Å². The van der Waals surface area contributed by atoms with Gasteiger partial charge >= 0.3 is 0 Å². The quantitative estimate of drug-likeness (QED) is 0.916. The smallest absolute Gasteiger partial charge is 0.268 e. The zero-order chi connectivity index (χ0) is 14.0. The molecule has 0 saturated carbocycles. The van der Waals surface area contributed by atoms with Crippen LogP contribution in [0.3, 0.4) is 0 Å². The maximum Gasteiger partial charge on any atom is 0.268 e. The van der Waals surface area contributed by atoms with E-state index in [-0.39, 0.29) is 17.4 Å². The van der Waals surface area contributed by atoms with E-state index in [1.165, 1.54) is 6.07 Å². The van der Waals surface area contributed by atoms with E-state index in [1.54, 1.807) is 17.7 Å². The first-order valence-electron chi connectivity index (χ1n) is 6.44. The Bertz CT molecular complexity index is 673. The molecule has 1 amide bonds. The average Bonchev–Trinajstić information content (AvgIpc) is 2.42. The van der Waals surface area contributed by atoms with Crippen LogP contribution in [-0.2, 0) is 7.05 Å². The summed E-state index contributed by atoms with van der Waals surface area (Å²) in [5.74, 6) is -0.209. The monoisotopic (exact) mass is 258 g/mol. The maximum absolute atomic E-state index is 12.2. The second-order valence-electron chi connectivity index (χ2n) is 4.75. The number of hydrogen-bond acceptors (Lipinski definition) is 2. The summed E-state index contributed by atoms with van der Waals surface area (Å²) in [5, 5.41) is 3.51. The third kappa shape index (κ3) is 2.52. The van der Waals surface area contributed by atoms with Crippen molar-refractivity contribution in [3.05, 3.63) is 46.2 Å². The highest BCUT2D eigenvalue weighted by molar-refractivity contribution is 5.95. The lowest BCUT2D eigenvalue weighted by Crippen LogP contribution is -2.34. The number of carbonyl (C=O) groups is 1. The summed E-state index contributed by atoms with van der Waals surface area (Å²) in [6.07, 6.45) is 0.854. The SMILES string of the molecule is CCC(C)NC(=O)c1cc(=O)c2ccccc2n1C. The van der Waals surface area contributed by atoms with Crippen molar-refractivity contribution in [2.75, 3.05) is 0 Å². The summed E-state index contributed by atoms with van der Waals surface area (Å²) < 4.78 is 1.76. The number of amides is 1. The summed E-state index contributed by atoms with van der Waals surface area (Å²) in [6, 6.07) is 8.79. The van der Waals surface area contributed by atoms with Crippen LogP contribution in [0.15, 0.2) is 35.1 Å². The second kappa shape index (κ2) is 5.26. The molecule has 2 rings (SSSR count). The van der Waals surface area contributed by atoms with Crippen LogP contribution in [0.25, 0.3) is 10.9 Å². The molecule has 1 aromatic heterocycles. The van der Waals surface area contributed by atoms with Crippen LogP contribution in [0.5, 0.6) is 0 Å². The first-order valence-corrected chi connectivity index (χ1v) is 6.44. The summed E-state index contributed by atoms with van der Waals surface area (Å²) >= 11 is 0. The molecule has 1 aromatic carbocycles. The standard InChI is InChI=1S/C15H18N2O2/c1-4-10(2)16-15(19)13-9-14(18)11-7-5-6-8-12(11)17(13)3/h5-10H,4H2,1-3H3,(H,16,19). The van der Waals surface area contributed by atoms with Crippen molar-refractivity contribution in [1.82, 2.24) is 9.88 Å². The zero-order valence-corrected chi connectivity index (χ0v) is 11.4. The predicted octanol–water partition coefficient (Wildman–Crippen LogP) is 2.07. The first kappa shape index (κ1) is 13.3. The van der Waals surface area contributed by atoms with Gasteiger partial charge in [0.15, 0.2) is 5.43 Å². The second-order valence-corrected chi connectivity index (χ2v) is 4.75. The highest BCUT2D eigenvalue weighted by atomic mass is 16.2. The van der Waals surface area contributed by atoms with E-state index in [9.17, 15) is 9.59 Å². The van der Waals surface area contributed by atoms with Crippen molar-refractivity contribution in [1.29, 1.82) is 0 Å². The van der Waals surface area contributed by atoms with Gasteiger partial charge in [-0.05, 0) is 25.5 Å². The minimum absolute atomic E-state index is 0.0917. The fourth-order valence-corrected chi connectivity index (χ4v) is 2.02. The lowest BCUT2D eigenvalue weighted by Gasteiger charge is -2.15. The number of aryl methyl sites for hydroxylation is 1. The Hall–Kier alpha value is -2.10. The van der Waals surface area contributed by atoms with Gasteiger partial charge in [0.2, 0.25) is 0 Å². The molecular formula is C15H18N2O2. The van der Waals surface area contributed by atoms with Gasteiger partial charge < -0.3 is 9.88 Å². The van der Waals surface area contributed by atoms with Crippen molar-refractivity contribution < 1.29 is 4.79 Å². The topological polar surface area (TPSA) is 51.1 Å². The Balaban J connectivity index is 2.53. The molecule has 19 heavy (non-hydrogen) atoms. The van der Waals surface area contributed by atoms with Gasteiger partial charge in [0, 0.05) is 24.5 Å². The van der Waals surface area contributed by atoms with Gasteiger partial charge in [0.05, 0.1) is 5.52 Å². The summed E-state index contributed by atoms with van der Waals surface area (Å²) in [4.78, 5) is 24.2. The molecule has 0 aliphatic carbocycles. The van der Waals surface area contributed by atoms with Crippen LogP contribution < -0.4 is 10.7 Å². The van der Waals surface area contributed by atoms with Crippen molar-refractivity contribution in [2.24, 2.45) is 7.05 Å². The minimum Gasteiger partial charge on any atom is -0.348 e. The normalized spacial score (nSPS) is 12.4. The molecule has 2 aromatic rings. The molecule has 0 aliphatic rings. The average molecular weight is 258 g/mol. The number of benzene rings is 1. The molecule has 1 unspecified atom stereocenters. The number of carbonyl (C=O) groups excluding carboxylic acids is 1. The number of pyridine rings is 1. The molecule has 1 atom stereocenters. The Morgan fingerprint density at radius 2 is 2.05 bits per heavy atom. The van der Waals surface area contributed by atoms with Crippen molar-refractivity contribution >= 4 is 16.8 Å². The van der Waals surface area contributed by atoms with E-state index < -0.39 is 0 Å². The molecule has 0 aliphatic heterocycles. The molecule has 0 saturated heterocycles. The van der Waals surface area contributed by atoms with E-state index in [2.05, 4.69) is 5.32 Å². The highest BCUT2D eigenvalue weighted by Gasteiger charge is 2.14. The van der Waals surface area contributed by atoms with Crippen LogP contribution in [0.1, 0.15) is 30.8 Å². The van der Waals surface area contributed by atoms with E-state index in [0.29, 0.717) is 11.1 Å². The fraction of sp³-hybridized carbons (Fsp3) is 0.333. The number of rotatable bonds is 3. The van der Waals surface area contributed by atoms with Crippen molar-refractivity contribution in [2.45, 2.75) is 26.3 Å². The Labute approximate surface area is 112 Å². The van der Waals surface area contributed by atoms with Gasteiger partial charge in [-0.15, -0.1) is 0 Å². The summed E-state index contributed by atoms with van der Waals surface area (Å²) in [5.41, 5.74) is 1.04. The molecule has 4 heteroatoms. The Morgan fingerprint density at radius 3 is 2.74 bits per heavy atom. The van der Waals surface area contributed by atoms with Crippen LogP contribution in [0.4, 0.5) is 0 Å². The molecule has 0 radical (unpaired) electrons. The third-order valence-electron chi connectivity index (χ3n) is 3.38. The van der Waals surface area contributed by atoms with E-state index >= 15 is 0 Å². The molecule has 1 heterocycles. The fourth-order valence-electron chi connectivity index (χ4n) is 2.02. The summed E-state index contributed by atoms with van der Waals surface area (Å²) in [6.45, 7) is 3.95. The molecule has 0 bridgehead atoms. The van der Waals surface area contributed by atoms with Crippen LogP contribution >= 0.6 is 0 Å². The van der Waals surface area contributed by atoms with Crippen LogP contribution in [0.2, 0.25) is 0 Å². The number of hydrogen-bond donors (Lipinski definition) is 1. The molecule has 100 valence electrons. The lowest BCUT2D eigenvalue weighted by molar-refractivity contribution is 0.0931. The molecule has 1 N–H and O–H groups in total. The van der Waals surface area contributed by atoms with Crippen molar-refractivity contribution in [3.63, 3.8) is 0 Å². The number of nitrogens with zero attached hydrogens (tertiary/aromatic N) is 1. The number of nitrogens with one attached hydrogen (secondary N) is 1. The molecule has 4 nitrogen and oxygen atoms in total. The van der Waals surface area contributed by atoms with E-state index in [1.807, 2.05) is 32.0 Å². The van der Waals surface area contributed by atoms with Gasteiger partial charge in [-0.3, -0.25) is 9.59 Å². The Kier molecular flexibility index (Phi) is 3.69. The van der Waals surface area contributed by atoms with Gasteiger partial charge in [-0.2, -0.15) is 0 Å². The molecular weight excluding hydrogens is 240 g/mol.